The summed E-state index contributed by atoms with van der Waals surface area (Å²) >= 11 is 0. The molecule has 0 radical (unpaired) electrons. The van der Waals surface area contributed by atoms with Crippen LogP contribution in [-0.4, -0.2) is 49.7 Å². The lowest BCUT2D eigenvalue weighted by atomic mass is 10.0. The van der Waals surface area contributed by atoms with Crippen LogP contribution in [-0.2, 0) is 9.63 Å². The van der Waals surface area contributed by atoms with Gasteiger partial charge in [0.25, 0.3) is 5.91 Å². The molecule has 0 bridgehead atoms. The molecule has 0 aromatic rings. The molecular formula is C9H18N2O2. The number of amides is 1. The van der Waals surface area contributed by atoms with Crippen LogP contribution in [0.4, 0.5) is 0 Å². The highest BCUT2D eigenvalue weighted by Crippen LogP contribution is 2.16. The molecule has 1 fully saturated rings. The Hall–Kier alpha value is -0.610. The van der Waals surface area contributed by atoms with Crippen molar-refractivity contribution in [2.24, 2.45) is 0 Å². The Morgan fingerprint density at radius 2 is 2.23 bits per heavy atom. The zero-order valence-corrected chi connectivity index (χ0v) is 8.62. The first-order valence-corrected chi connectivity index (χ1v) is 4.68. The fourth-order valence-corrected chi connectivity index (χ4v) is 1.69. The Balaban J connectivity index is 2.53. The molecule has 76 valence electrons. The van der Waals surface area contributed by atoms with Crippen molar-refractivity contribution in [3.63, 3.8) is 0 Å². The van der Waals surface area contributed by atoms with Gasteiger partial charge in [0.05, 0.1) is 13.2 Å². The minimum absolute atomic E-state index is 0.0127. The molecule has 0 unspecified atom stereocenters. The van der Waals surface area contributed by atoms with Gasteiger partial charge in [0.15, 0.2) is 0 Å². The number of likely N-dealkylation sites (tertiary alicyclic amines) is 1. The lowest BCUT2D eigenvalue weighted by Gasteiger charge is -2.33. The van der Waals surface area contributed by atoms with E-state index in [1.165, 1.54) is 18.6 Å². The molecule has 1 atom stereocenters. The van der Waals surface area contributed by atoms with E-state index in [0.29, 0.717) is 0 Å². The smallest absolute Gasteiger partial charge is 0.263 e. The molecule has 1 aliphatic rings. The summed E-state index contributed by atoms with van der Waals surface area (Å²) in [5.74, 6) is 0.0599. The lowest BCUT2D eigenvalue weighted by Crippen LogP contribution is -2.47. The standard InChI is InChI=1S/C9H18N2O2/c1-10-7-5-4-6-8(10)9(12)11(2)13-3/h8H,4-7H2,1-3H3/t8-/m0/s1. The maximum absolute atomic E-state index is 11.7. The quantitative estimate of drug-likeness (QED) is 0.588. The van der Waals surface area contributed by atoms with Crippen molar-refractivity contribution in [2.75, 3.05) is 27.7 Å². The van der Waals surface area contributed by atoms with Crippen LogP contribution in [0.1, 0.15) is 19.3 Å². The Labute approximate surface area is 79.4 Å². The summed E-state index contributed by atoms with van der Waals surface area (Å²) in [6.07, 6.45) is 3.28. The Bertz CT molecular complexity index is 184. The molecule has 1 saturated heterocycles. The Morgan fingerprint density at radius 1 is 1.54 bits per heavy atom. The van der Waals surface area contributed by atoms with Crippen molar-refractivity contribution >= 4 is 5.91 Å². The number of hydrogen-bond acceptors (Lipinski definition) is 3. The number of carbonyl (C=O) groups excluding carboxylic acids is 1. The normalized spacial score (nSPS) is 24.4. The van der Waals surface area contributed by atoms with Crippen LogP contribution in [0.2, 0.25) is 0 Å². The van der Waals surface area contributed by atoms with Gasteiger partial charge >= 0.3 is 0 Å². The Morgan fingerprint density at radius 3 is 2.77 bits per heavy atom. The highest BCUT2D eigenvalue weighted by Gasteiger charge is 2.28. The maximum atomic E-state index is 11.7. The highest BCUT2D eigenvalue weighted by atomic mass is 16.7. The second kappa shape index (κ2) is 4.58. The Kier molecular flexibility index (Phi) is 3.69. The summed E-state index contributed by atoms with van der Waals surface area (Å²) in [5.41, 5.74) is 0. The molecule has 0 aromatic heterocycles. The molecular weight excluding hydrogens is 168 g/mol. The highest BCUT2D eigenvalue weighted by molar-refractivity contribution is 5.80. The van der Waals surface area contributed by atoms with E-state index in [4.69, 9.17) is 4.84 Å². The number of likely N-dealkylation sites (N-methyl/N-ethyl adjacent to an activating group) is 2. The van der Waals surface area contributed by atoms with Crippen molar-refractivity contribution in [3.05, 3.63) is 0 Å². The second-order valence-electron chi connectivity index (χ2n) is 3.51. The summed E-state index contributed by atoms with van der Waals surface area (Å²) in [5, 5.41) is 1.31. The van der Waals surface area contributed by atoms with Gasteiger partial charge in [0.2, 0.25) is 0 Å². The molecule has 0 aliphatic carbocycles. The largest absolute Gasteiger partial charge is 0.295 e. The van der Waals surface area contributed by atoms with Crippen molar-refractivity contribution in [1.82, 2.24) is 9.96 Å². The molecule has 0 N–H and O–H groups in total. The number of piperidine rings is 1. The molecule has 0 spiro atoms. The third-order valence-corrected chi connectivity index (χ3v) is 2.64. The van der Waals surface area contributed by atoms with E-state index in [2.05, 4.69) is 4.90 Å². The van der Waals surface area contributed by atoms with Gasteiger partial charge in [-0.25, -0.2) is 5.06 Å². The third kappa shape index (κ3) is 2.42. The van der Waals surface area contributed by atoms with Crippen LogP contribution in [0.3, 0.4) is 0 Å². The molecule has 1 amide bonds. The van der Waals surface area contributed by atoms with Crippen LogP contribution in [0.5, 0.6) is 0 Å². The van der Waals surface area contributed by atoms with E-state index in [1.54, 1.807) is 7.05 Å². The fourth-order valence-electron chi connectivity index (χ4n) is 1.69. The van der Waals surface area contributed by atoms with Gasteiger partial charge in [-0.1, -0.05) is 6.42 Å². The minimum Gasteiger partial charge on any atom is -0.295 e. The van der Waals surface area contributed by atoms with Crippen molar-refractivity contribution in [3.8, 4) is 0 Å². The zero-order chi connectivity index (χ0) is 9.84. The second-order valence-corrected chi connectivity index (χ2v) is 3.51. The molecule has 0 aromatic carbocycles. The molecule has 1 heterocycles. The summed E-state index contributed by atoms with van der Waals surface area (Å²) < 4.78 is 0. The van der Waals surface area contributed by atoms with E-state index < -0.39 is 0 Å². The first kappa shape index (κ1) is 10.5. The van der Waals surface area contributed by atoms with Crippen molar-refractivity contribution in [2.45, 2.75) is 25.3 Å². The summed E-state index contributed by atoms with van der Waals surface area (Å²) in [6.45, 7) is 1.01. The van der Waals surface area contributed by atoms with E-state index in [1.807, 2.05) is 7.05 Å². The number of nitrogens with zero attached hydrogens (tertiary/aromatic N) is 2. The van der Waals surface area contributed by atoms with Gasteiger partial charge < -0.3 is 0 Å². The first-order valence-electron chi connectivity index (χ1n) is 4.68. The molecule has 0 saturated carbocycles. The molecule has 13 heavy (non-hydrogen) atoms. The lowest BCUT2D eigenvalue weighted by molar-refractivity contribution is -0.175. The van der Waals surface area contributed by atoms with Crippen LogP contribution in [0.25, 0.3) is 0 Å². The molecule has 1 aliphatic heterocycles. The van der Waals surface area contributed by atoms with Crippen LogP contribution < -0.4 is 0 Å². The topological polar surface area (TPSA) is 32.8 Å². The number of hydroxylamine groups is 2. The number of rotatable bonds is 2. The average molecular weight is 186 g/mol. The van der Waals surface area contributed by atoms with Gasteiger partial charge in [-0.15, -0.1) is 0 Å². The number of carbonyl (C=O) groups is 1. The van der Waals surface area contributed by atoms with E-state index in [9.17, 15) is 4.79 Å². The van der Waals surface area contributed by atoms with E-state index in [0.717, 1.165) is 19.4 Å². The van der Waals surface area contributed by atoms with Gasteiger partial charge in [-0.2, -0.15) is 0 Å². The van der Waals surface area contributed by atoms with E-state index >= 15 is 0 Å². The zero-order valence-electron chi connectivity index (χ0n) is 8.62. The van der Waals surface area contributed by atoms with Gasteiger partial charge in [0, 0.05) is 7.05 Å². The van der Waals surface area contributed by atoms with Crippen LogP contribution in [0.15, 0.2) is 0 Å². The minimum atomic E-state index is 0.0127. The predicted octanol–water partition coefficient (Wildman–Crippen LogP) is 0.490. The summed E-state index contributed by atoms with van der Waals surface area (Å²) in [4.78, 5) is 18.7. The third-order valence-electron chi connectivity index (χ3n) is 2.64. The van der Waals surface area contributed by atoms with E-state index in [-0.39, 0.29) is 11.9 Å². The predicted molar refractivity (Wildman–Crippen MR) is 50.0 cm³/mol. The maximum Gasteiger partial charge on any atom is 0.263 e. The van der Waals surface area contributed by atoms with Crippen LogP contribution >= 0.6 is 0 Å². The van der Waals surface area contributed by atoms with Gasteiger partial charge in [-0.05, 0) is 26.4 Å². The number of hydrogen-bond donors (Lipinski definition) is 0. The summed E-state index contributed by atoms with van der Waals surface area (Å²) in [6, 6.07) is 0.0127. The van der Waals surface area contributed by atoms with Gasteiger partial charge in [-0.3, -0.25) is 14.5 Å². The van der Waals surface area contributed by atoms with Crippen molar-refractivity contribution in [1.29, 1.82) is 0 Å². The molecule has 1 rings (SSSR count). The van der Waals surface area contributed by atoms with Gasteiger partial charge in [0.1, 0.15) is 0 Å². The van der Waals surface area contributed by atoms with Crippen LogP contribution in [0, 0.1) is 0 Å². The first-order chi connectivity index (χ1) is 6.16. The molecule has 4 heteroatoms. The fraction of sp³-hybridized carbons (Fsp3) is 0.889. The van der Waals surface area contributed by atoms with Crippen molar-refractivity contribution < 1.29 is 9.63 Å². The SMILES string of the molecule is CON(C)C(=O)[C@@H]1CCCCN1C. The monoisotopic (exact) mass is 186 g/mol. The average Bonchev–Trinajstić information content (AvgIpc) is 2.16. The summed E-state index contributed by atoms with van der Waals surface area (Å²) in [7, 11) is 5.16. The molecule has 4 nitrogen and oxygen atoms in total.